The molecule has 0 amide bonds. The minimum absolute atomic E-state index is 0.00579. The standard InChI is InChI=1S/C15H11ClN2O6/c1-23-15(20)24-12-6-11(19)13(16)14-9(12)5-7-4-8(18(21)22)2-3-10(7)17-14/h2,5-6,19H,3-4H2,1H3. The van der Waals surface area contributed by atoms with Crippen molar-refractivity contribution in [1.82, 2.24) is 4.98 Å². The van der Waals surface area contributed by atoms with Crippen molar-refractivity contribution < 1.29 is 24.3 Å². The van der Waals surface area contributed by atoms with E-state index in [4.69, 9.17) is 16.3 Å². The molecule has 1 heterocycles. The molecule has 0 atom stereocenters. The van der Waals surface area contributed by atoms with Gasteiger partial charge in [0.1, 0.15) is 16.5 Å². The number of benzene rings is 1. The molecule has 1 aliphatic rings. The molecule has 2 aromatic rings. The van der Waals surface area contributed by atoms with Crippen LogP contribution in [0.25, 0.3) is 10.9 Å². The smallest absolute Gasteiger partial charge is 0.506 e. The SMILES string of the molecule is COC(=O)Oc1cc(O)c(Cl)c2nc3c(cc12)CC([N+](=O)[O-])=CC3. The maximum absolute atomic E-state index is 11.4. The Balaban J connectivity index is 2.18. The normalized spacial score (nSPS) is 13.2. The highest BCUT2D eigenvalue weighted by molar-refractivity contribution is 6.36. The number of allylic oxidation sites excluding steroid dienone is 2. The average molecular weight is 351 g/mol. The third-order valence-electron chi connectivity index (χ3n) is 3.65. The van der Waals surface area contributed by atoms with Crippen molar-refractivity contribution in [2.24, 2.45) is 0 Å². The zero-order valence-electron chi connectivity index (χ0n) is 12.4. The maximum atomic E-state index is 11.4. The lowest BCUT2D eigenvalue weighted by Crippen LogP contribution is -2.12. The van der Waals surface area contributed by atoms with E-state index in [-0.39, 0.29) is 40.6 Å². The summed E-state index contributed by atoms with van der Waals surface area (Å²) < 4.78 is 9.45. The number of ether oxygens (including phenoxy) is 2. The van der Waals surface area contributed by atoms with Crippen molar-refractivity contribution >= 4 is 28.7 Å². The van der Waals surface area contributed by atoms with Gasteiger partial charge in [0, 0.05) is 23.6 Å². The van der Waals surface area contributed by atoms with Gasteiger partial charge in [-0.3, -0.25) is 15.1 Å². The Kier molecular flexibility index (Phi) is 3.98. The summed E-state index contributed by atoms with van der Waals surface area (Å²) in [4.78, 5) is 26.3. The first-order valence-electron chi connectivity index (χ1n) is 6.84. The second kappa shape index (κ2) is 5.97. The number of carbonyl (C=O) groups excluding carboxylic acids is 1. The molecule has 0 saturated carbocycles. The number of carbonyl (C=O) groups is 1. The van der Waals surface area contributed by atoms with E-state index in [1.165, 1.54) is 12.1 Å². The molecule has 0 unspecified atom stereocenters. The second-order valence-corrected chi connectivity index (χ2v) is 5.47. The van der Waals surface area contributed by atoms with Crippen LogP contribution in [0.2, 0.25) is 5.02 Å². The summed E-state index contributed by atoms with van der Waals surface area (Å²) in [5.41, 5.74) is 1.56. The number of halogens is 1. The van der Waals surface area contributed by atoms with Crippen LogP contribution in [-0.4, -0.2) is 28.3 Å². The van der Waals surface area contributed by atoms with E-state index in [0.29, 0.717) is 16.6 Å². The number of fused-ring (bicyclic) bond motifs is 2. The largest absolute Gasteiger partial charge is 0.513 e. The third kappa shape index (κ3) is 2.71. The Labute approximate surface area is 140 Å². The summed E-state index contributed by atoms with van der Waals surface area (Å²) in [5, 5.41) is 21.2. The van der Waals surface area contributed by atoms with Gasteiger partial charge < -0.3 is 14.6 Å². The number of hydrogen-bond donors (Lipinski definition) is 1. The number of phenolic OH excluding ortho intramolecular Hbond substituents is 1. The highest BCUT2D eigenvalue weighted by atomic mass is 35.5. The molecule has 0 saturated heterocycles. The Morgan fingerprint density at radius 1 is 1.46 bits per heavy atom. The Morgan fingerprint density at radius 2 is 2.21 bits per heavy atom. The first-order chi connectivity index (χ1) is 11.4. The zero-order valence-corrected chi connectivity index (χ0v) is 13.2. The molecule has 1 aromatic heterocycles. The highest BCUT2D eigenvalue weighted by Gasteiger charge is 2.23. The van der Waals surface area contributed by atoms with Crippen molar-refractivity contribution in [2.75, 3.05) is 7.11 Å². The third-order valence-corrected chi connectivity index (χ3v) is 4.03. The fourth-order valence-electron chi connectivity index (χ4n) is 2.50. The number of methoxy groups -OCH3 is 1. The minimum Gasteiger partial charge on any atom is -0.506 e. The molecule has 0 radical (unpaired) electrons. The number of aromatic nitrogens is 1. The van der Waals surface area contributed by atoms with Crippen molar-refractivity contribution in [3.63, 3.8) is 0 Å². The number of nitro groups is 1. The van der Waals surface area contributed by atoms with Gasteiger partial charge in [0.2, 0.25) is 5.70 Å². The van der Waals surface area contributed by atoms with Gasteiger partial charge in [0.25, 0.3) is 0 Å². The molecule has 24 heavy (non-hydrogen) atoms. The quantitative estimate of drug-likeness (QED) is 0.383. The molecule has 0 spiro atoms. The summed E-state index contributed by atoms with van der Waals surface area (Å²) in [5.74, 6) is -0.292. The number of phenols is 1. The molecule has 8 nitrogen and oxygen atoms in total. The summed E-state index contributed by atoms with van der Waals surface area (Å²) in [6, 6.07) is 2.79. The number of rotatable bonds is 2. The van der Waals surface area contributed by atoms with Crippen LogP contribution in [0.4, 0.5) is 4.79 Å². The molecule has 1 N–H and O–H groups in total. The van der Waals surface area contributed by atoms with Crippen LogP contribution in [0.5, 0.6) is 11.5 Å². The van der Waals surface area contributed by atoms with Gasteiger partial charge in [-0.15, -0.1) is 0 Å². The van der Waals surface area contributed by atoms with Crippen LogP contribution in [0, 0.1) is 10.1 Å². The number of hydrogen-bond acceptors (Lipinski definition) is 7. The van der Waals surface area contributed by atoms with Gasteiger partial charge in [0.15, 0.2) is 0 Å². The van der Waals surface area contributed by atoms with E-state index in [9.17, 15) is 20.0 Å². The van der Waals surface area contributed by atoms with Gasteiger partial charge in [0.05, 0.1) is 24.0 Å². The van der Waals surface area contributed by atoms with Gasteiger partial charge in [-0.2, -0.15) is 0 Å². The highest BCUT2D eigenvalue weighted by Crippen LogP contribution is 2.39. The van der Waals surface area contributed by atoms with Crippen LogP contribution in [0.1, 0.15) is 11.3 Å². The van der Waals surface area contributed by atoms with Gasteiger partial charge >= 0.3 is 6.16 Å². The van der Waals surface area contributed by atoms with Crippen LogP contribution in [-0.2, 0) is 17.6 Å². The zero-order chi connectivity index (χ0) is 17.4. The topological polar surface area (TPSA) is 112 Å². The van der Waals surface area contributed by atoms with E-state index < -0.39 is 11.1 Å². The van der Waals surface area contributed by atoms with Crippen LogP contribution in [0.3, 0.4) is 0 Å². The average Bonchev–Trinajstić information content (AvgIpc) is 2.57. The summed E-state index contributed by atoms with van der Waals surface area (Å²) >= 11 is 6.08. The monoisotopic (exact) mass is 350 g/mol. The molecule has 1 aromatic carbocycles. The summed E-state index contributed by atoms with van der Waals surface area (Å²) in [7, 11) is 1.15. The lowest BCUT2D eigenvalue weighted by molar-refractivity contribution is -0.427. The molecule has 3 rings (SSSR count). The fraction of sp³-hybridized carbons (Fsp3) is 0.200. The summed E-state index contributed by atoms with van der Waals surface area (Å²) in [6.45, 7) is 0. The molecule has 1 aliphatic carbocycles. The van der Waals surface area contributed by atoms with Crippen LogP contribution in [0.15, 0.2) is 23.9 Å². The van der Waals surface area contributed by atoms with Crippen molar-refractivity contribution in [3.05, 3.63) is 50.3 Å². The summed E-state index contributed by atoms with van der Waals surface area (Å²) in [6.07, 6.45) is 0.896. The maximum Gasteiger partial charge on any atom is 0.513 e. The first kappa shape index (κ1) is 16.0. The van der Waals surface area contributed by atoms with Crippen molar-refractivity contribution in [2.45, 2.75) is 12.8 Å². The second-order valence-electron chi connectivity index (χ2n) is 5.09. The Morgan fingerprint density at radius 3 is 2.88 bits per heavy atom. The van der Waals surface area contributed by atoms with Gasteiger partial charge in [-0.05, 0) is 17.7 Å². The molecule has 0 bridgehead atoms. The first-order valence-corrected chi connectivity index (χ1v) is 7.21. The van der Waals surface area contributed by atoms with Gasteiger partial charge in [-0.25, -0.2) is 4.79 Å². The number of aromatic hydroxyl groups is 1. The fourth-order valence-corrected chi connectivity index (χ4v) is 2.70. The van der Waals surface area contributed by atoms with E-state index in [2.05, 4.69) is 9.72 Å². The molecule has 9 heteroatoms. The van der Waals surface area contributed by atoms with E-state index in [0.717, 1.165) is 7.11 Å². The minimum atomic E-state index is -0.971. The van der Waals surface area contributed by atoms with E-state index in [1.54, 1.807) is 6.07 Å². The number of pyridine rings is 1. The molecular weight excluding hydrogens is 340 g/mol. The Hall–Kier alpha value is -2.87. The molecular formula is C15H11ClN2O6. The van der Waals surface area contributed by atoms with Crippen molar-refractivity contribution in [1.29, 1.82) is 0 Å². The molecule has 124 valence electrons. The van der Waals surface area contributed by atoms with E-state index in [1.807, 2.05) is 0 Å². The predicted octanol–water partition coefficient (Wildman–Crippen LogP) is 3.00. The lowest BCUT2D eigenvalue weighted by Gasteiger charge is -2.15. The lowest BCUT2D eigenvalue weighted by atomic mass is 9.97. The molecule has 0 aliphatic heterocycles. The Bertz CT molecular complexity index is 909. The van der Waals surface area contributed by atoms with Crippen LogP contribution >= 0.6 is 11.6 Å². The predicted molar refractivity (Wildman–Crippen MR) is 83.9 cm³/mol. The van der Waals surface area contributed by atoms with Crippen molar-refractivity contribution in [3.8, 4) is 11.5 Å². The van der Waals surface area contributed by atoms with Gasteiger partial charge in [-0.1, -0.05) is 11.6 Å². The molecule has 0 fully saturated rings. The van der Waals surface area contributed by atoms with Crippen LogP contribution < -0.4 is 4.74 Å². The number of nitrogens with zero attached hydrogens (tertiary/aromatic N) is 2. The van der Waals surface area contributed by atoms with E-state index >= 15 is 0 Å².